The fourth-order valence-corrected chi connectivity index (χ4v) is 2.49. The van der Waals surface area contributed by atoms with Crippen LogP contribution in [0, 0.1) is 6.92 Å². The number of nitrogens with zero attached hydrogens (tertiary/aromatic N) is 2. The van der Waals surface area contributed by atoms with E-state index in [4.69, 9.17) is 0 Å². The summed E-state index contributed by atoms with van der Waals surface area (Å²) in [5, 5.41) is 2.82. The van der Waals surface area contributed by atoms with E-state index in [2.05, 4.69) is 16.9 Å². The second-order valence-electron chi connectivity index (χ2n) is 4.70. The Morgan fingerprint density at radius 1 is 1.50 bits per heavy atom. The molecule has 0 aromatic carbocycles. The first-order chi connectivity index (χ1) is 8.66. The fourth-order valence-electron chi connectivity index (χ4n) is 2.49. The summed E-state index contributed by atoms with van der Waals surface area (Å²) in [5.74, 6) is 0.647. The second kappa shape index (κ2) is 3.98. The number of carbonyl (C=O) groups is 1. The van der Waals surface area contributed by atoms with Gasteiger partial charge in [0.2, 0.25) is 5.91 Å². The van der Waals surface area contributed by atoms with Gasteiger partial charge in [-0.2, -0.15) is 0 Å². The number of nitrogens with one attached hydrogen (secondary N) is 1. The van der Waals surface area contributed by atoms with Crippen LogP contribution in [0.1, 0.15) is 30.3 Å². The molecule has 4 nitrogen and oxygen atoms in total. The summed E-state index contributed by atoms with van der Waals surface area (Å²) < 4.78 is 2.01. The molecule has 1 aliphatic rings. The number of hydrogen-bond donors (Lipinski definition) is 1. The lowest BCUT2D eigenvalue weighted by Gasteiger charge is -2.22. The molecule has 1 atom stereocenters. The Balaban J connectivity index is 2.09. The molecule has 4 heteroatoms. The quantitative estimate of drug-likeness (QED) is 0.831. The third-order valence-corrected chi connectivity index (χ3v) is 3.42. The molecule has 1 amide bonds. The van der Waals surface area contributed by atoms with Crippen molar-refractivity contribution in [2.24, 2.45) is 0 Å². The van der Waals surface area contributed by atoms with E-state index in [0.29, 0.717) is 0 Å². The van der Waals surface area contributed by atoms with E-state index in [1.807, 2.05) is 35.7 Å². The number of pyridine rings is 1. The number of amides is 1. The topological polar surface area (TPSA) is 46.4 Å². The summed E-state index contributed by atoms with van der Waals surface area (Å²) in [6, 6.07) is 5.96. The van der Waals surface area contributed by atoms with E-state index < -0.39 is 0 Å². The molecular formula is C14H15N3O. The van der Waals surface area contributed by atoms with Gasteiger partial charge >= 0.3 is 0 Å². The maximum atomic E-state index is 12.0. The summed E-state index contributed by atoms with van der Waals surface area (Å²) in [7, 11) is 0. The number of aryl methyl sites for hydroxylation is 1. The van der Waals surface area contributed by atoms with Crippen LogP contribution >= 0.6 is 0 Å². The molecule has 0 radical (unpaired) electrons. The summed E-state index contributed by atoms with van der Waals surface area (Å²) >= 11 is 0. The van der Waals surface area contributed by atoms with Crippen LogP contribution in [0.4, 0.5) is 0 Å². The lowest BCUT2D eigenvalue weighted by Crippen LogP contribution is -2.34. The number of piperidine rings is 1. The van der Waals surface area contributed by atoms with Crippen molar-refractivity contribution < 1.29 is 4.79 Å². The molecule has 0 spiro atoms. The molecule has 3 heterocycles. The highest BCUT2D eigenvalue weighted by atomic mass is 16.2. The SMILES string of the molecule is C=C1CCC(c2nc(C)c3ccccn23)C(=O)N1. The zero-order valence-corrected chi connectivity index (χ0v) is 10.3. The molecule has 18 heavy (non-hydrogen) atoms. The Morgan fingerprint density at radius 2 is 2.33 bits per heavy atom. The smallest absolute Gasteiger partial charge is 0.234 e. The van der Waals surface area contributed by atoms with Crippen LogP contribution in [0.5, 0.6) is 0 Å². The lowest BCUT2D eigenvalue weighted by molar-refractivity contribution is -0.123. The first-order valence-electron chi connectivity index (χ1n) is 6.09. The van der Waals surface area contributed by atoms with Crippen molar-refractivity contribution in [2.45, 2.75) is 25.7 Å². The number of fused-ring (bicyclic) bond motifs is 1. The normalized spacial score (nSPS) is 20.2. The molecule has 1 saturated heterocycles. The third-order valence-electron chi connectivity index (χ3n) is 3.42. The van der Waals surface area contributed by atoms with Gasteiger partial charge in [0.1, 0.15) is 5.82 Å². The predicted octanol–water partition coefficient (Wildman–Crippen LogP) is 2.15. The molecule has 0 saturated carbocycles. The average molecular weight is 241 g/mol. The van der Waals surface area contributed by atoms with Gasteiger partial charge in [0.05, 0.1) is 17.1 Å². The zero-order valence-electron chi connectivity index (χ0n) is 10.3. The molecule has 2 aromatic rings. The minimum absolute atomic E-state index is 0.00185. The number of aromatic nitrogens is 2. The minimum Gasteiger partial charge on any atom is -0.330 e. The third kappa shape index (κ3) is 1.61. The molecule has 1 fully saturated rings. The van der Waals surface area contributed by atoms with Crippen LogP contribution in [0.25, 0.3) is 5.52 Å². The van der Waals surface area contributed by atoms with Crippen molar-refractivity contribution >= 4 is 11.4 Å². The highest BCUT2D eigenvalue weighted by molar-refractivity contribution is 5.85. The summed E-state index contributed by atoms with van der Waals surface area (Å²) in [5.41, 5.74) is 2.82. The Hall–Kier alpha value is -2.10. The Kier molecular flexibility index (Phi) is 2.44. The molecule has 1 N–H and O–H groups in total. The largest absolute Gasteiger partial charge is 0.330 e. The molecule has 0 aliphatic carbocycles. The minimum atomic E-state index is -0.181. The standard InChI is InChI=1S/C14H15N3O/c1-9-6-7-11(14(18)15-9)13-16-10(2)12-5-3-4-8-17(12)13/h3-5,8,11H,1,6-7H2,2H3,(H,15,18). The van der Waals surface area contributed by atoms with Crippen molar-refractivity contribution in [3.05, 3.63) is 48.2 Å². The highest BCUT2D eigenvalue weighted by Gasteiger charge is 2.29. The van der Waals surface area contributed by atoms with E-state index in [0.717, 1.165) is 35.6 Å². The van der Waals surface area contributed by atoms with Crippen LogP contribution in [-0.2, 0) is 4.79 Å². The van der Waals surface area contributed by atoms with Crippen molar-refractivity contribution in [1.82, 2.24) is 14.7 Å². The second-order valence-corrected chi connectivity index (χ2v) is 4.70. The van der Waals surface area contributed by atoms with E-state index in [-0.39, 0.29) is 11.8 Å². The van der Waals surface area contributed by atoms with Crippen molar-refractivity contribution in [3.63, 3.8) is 0 Å². The van der Waals surface area contributed by atoms with Gasteiger partial charge in [0, 0.05) is 11.9 Å². The average Bonchev–Trinajstić information content (AvgIpc) is 2.68. The van der Waals surface area contributed by atoms with Gasteiger partial charge in [-0.3, -0.25) is 4.79 Å². The molecular weight excluding hydrogens is 226 g/mol. The molecule has 1 aliphatic heterocycles. The predicted molar refractivity (Wildman–Crippen MR) is 69.2 cm³/mol. The lowest BCUT2D eigenvalue weighted by atomic mass is 9.96. The van der Waals surface area contributed by atoms with Crippen LogP contribution in [-0.4, -0.2) is 15.3 Å². The monoisotopic (exact) mass is 241 g/mol. The number of allylic oxidation sites excluding steroid dienone is 1. The molecule has 1 unspecified atom stereocenters. The van der Waals surface area contributed by atoms with E-state index in [1.54, 1.807) is 0 Å². The van der Waals surface area contributed by atoms with Gasteiger partial charge < -0.3 is 9.72 Å². The number of imidazole rings is 1. The van der Waals surface area contributed by atoms with Crippen LogP contribution in [0.3, 0.4) is 0 Å². The number of carbonyl (C=O) groups excluding carboxylic acids is 1. The van der Waals surface area contributed by atoms with Gasteiger partial charge in [0.15, 0.2) is 0 Å². The Labute approximate surface area is 105 Å². The highest BCUT2D eigenvalue weighted by Crippen LogP contribution is 2.27. The van der Waals surface area contributed by atoms with Crippen LogP contribution in [0.2, 0.25) is 0 Å². The van der Waals surface area contributed by atoms with Crippen LogP contribution in [0.15, 0.2) is 36.7 Å². The first-order valence-corrected chi connectivity index (χ1v) is 6.09. The van der Waals surface area contributed by atoms with Gasteiger partial charge in [-0.15, -0.1) is 0 Å². The molecule has 92 valence electrons. The number of rotatable bonds is 1. The summed E-state index contributed by atoms with van der Waals surface area (Å²) in [6.07, 6.45) is 3.55. The van der Waals surface area contributed by atoms with E-state index in [1.165, 1.54) is 0 Å². The van der Waals surface area contributed by atoms with Crippen molar-refractivity contribution in [1.29, 1.82) is 0 Å². The molecule has 2 aromatic heterocycles. The Bertz CT molecular complexity index is 642. The van der Waals surface area contributed by atoms with Crippen molar-refractivity contribution in [2.75, 3.05) is 0 Å². The first kappa shape index (κ1) is 11.0. The Morgan fingerprint density at radius 3 is 3.11 bits per heavy atom. The molecule has 3 rings (SSSR count). The van der Waals surface area contributed by atoms with Crippen molar-refractivity contribution in [3.8, 4) is 0 Å². The van der Waals surface area contributed by atoms with Gasteiger partial charge in [-0.05, 0) is 31.9 Å². The van der Waals surface area contributed by atoms with Gasteiger partial charge in [-0.1, -0.05) is 12.6 Å². The molecule has 0 bridgehead atoms. The fraction of sp³-hybridized carbons (Fsp3) is 0.286. The maximum Gasteiger partial charge on any atom is 0.234 e. The maximum absolute atomic E-state index is 12.0. The van der Waals surface area contributed by atoms with Gasteiger partial charge in [0.25, 0.3) is 0 Å². The summed E-state index contributed by atoms with van der Waals surface area (Å²) in [4.78, 5) is 16.6. The number of hydrogen-bond acceptors (Lipinski definition) is 2. The summed E-state index contributed by atoms with van der Waals surface area (Å²) in [6.45, 7) is 5.77. The van der Waals surface area contributed by atoms with E-state index in [9.17, 15) is 4.79 Å². The van der Waals surface area contributed by atoms with Crippen LogP contribution < -0.4 is 5.32 Å². The zero-order chi connectivity index (χ0) is 12.7. The van der Waals surface area contributed by atoms with Gasteiger partial charge in [-0.25, -0.2) is 4.98 Å². The van der Waals surface area contributed by atoms with E-state index >= 15 is 0 Å².